The van der Waals surface area contributed by atoms with Gasteiger partial charge in [-0.2, -0.15) is 0 Å². The van der Waals surface area contributed by atoms with Gasteiger partial charge in [-0.15, -0.1) is 0 Å². The molecule has 0 spiro atoms. The Bertz CT molecular complexity index is 679. The van der Waals surface area contributed by atoms with Crippen LogP contribution < -0.4 is 10.2 Å². The molecule has 0 radical (unpaired) electrons. The molecule has 3 rings (SSSR count). The summed E-state index contributed by atoms with van der Waals surface area (Å²) in [5.41, 5.74) is 2.32. The van der Waals surface area contributed by atoms with Gasteiger partial charge in [-0.3, -0.25) is 0 Å². The van der Waals surface area contributed by atoms with Crippen LogP contribution in [0.1, 0.15) is 69.5 Å². The molecule has 1 aliphatic rings. The zero-order valence-corrected chi connectivity index (χ0v) is 15.8. The van der Waals surface area contributed by atoms with Gasteiger partial charge in [-0.05, 0) is 36.5 Å². The first kappa shape index (κ1) is 17.6. The second-order valence-corrected chi connectivity index (χ2v) is 7.42. The lowest BCUT2D eigenvalue weighted by Crippen LogP contribution is -2.19. The van der Waals surface area contributed by atoms with E-state index in [0.717, 1.165) is 42.8 Å². The topological polar surface area (TPSA) is 53.9 Å². The average Bonchev–Trinajstić information content (AvgIpc) is 3.14. The van der Waals surface area contributed by atoms with E-state index < -0.39 is 0 Å². The number of aromatic nitrogens is 3. The summed E-state index contributed by atoms with van der Waals surface area (Å²) in [4.78, 5) is 16.3. The van der Waals surface area contributed by atoms with Crippen molar-refractivity contribution >= 4 is 11.6 Å². The summed E-state index contributed by atoms with van der Waals surface area (Å²) in [5.74, 6) is 3.61. The summed E-state index contributed by atoms with van der Waals surface area (Å²) in [7, 11) is 0. The zero-order chi connectivity index (χ0) is 17.8. The van der Waals surface area contributed by atoms with Crippen LogP contribution in [0.4, 0.5) is 11.6 Å². The van der Waals surface area contributed by atoms with Gasteiger partial charge in [-0.25, -0.2) is 15.0 Å². The quantitative estimate of drug-likeness (QED) is 0.849. The molecule has 0 aromatic carbocycles. The standard InChI is InChI=1S/C20H29N5/c1-14(2)17-12-18(24-20(23-17)15(3)4)22-13-16-7-8-21-19(11-16)25-9-5-6-10-25/h7-8,11-12,14-15H,5-6,9-10,13H2,1-4H3,(H,22,23,24). The van der Waals surface area contributed by atoms with Crippen LogP contribution in [0.3, 0.4) is 0 Å². The summed E-state index contributed by atoms with van der Waals surface area (Å²) in [6.07, 6.45) is 4.44. The number of rotatable bonds is 6. The van der Waals surface area contributed by atoms with Gasteiger partial charge in [0.25, 0.3) is 0 Å². The summed E-state index contributed by atoms with van der Waals surface area (Å²) in [5, 5.41) is 3.47. The van der Waals surface area contributed by atoms with Crippen molar-refractivity contribution in [2.45, 2.75) is 58.9 Å². The maximum Gasteiger partial charge on any atom is 0.133 e. The molecule has 1 aliphatic heterocycles. The highest BCUT2D eigenvalue weighted by atomic mass is 15.2. The van der Waals surface area contributed by atoms with Gasteiger partial charge in [0, 0.05) is 43.5 Å². The van der Waals surface area contributed by atoms with E-state index in [1.165, 1.54) is 18.4 Å². The minimum Gasteiger partial charge on any atom is -0.366 e. The average molecular weight is 339 g/mol. The van der Waals surface area contributed by atoms with Crippen molar-refractivity contribution < 1.29 is 0 Å². The van der Waals surface area contributed by atoms with E-state index in [-0.39, 0.29) is 0 Å². The lowest BCUT2D eigenvalue weighted by molar-refractivity contribution is 0.730. The highest BCUT2D eigenvalue weighted by Gasteiger charge is 2.14. The van der Waals surface area contributed by atoms with Crippen LogP contribution in [0.15, 0.2) is 24.4 Å². The summed E-state index contributed by atoms with van der Waals surface area (Å²) < 4.78 is 0. The maximum absolute atomic E-state index is 4.69. The molecule has 0 unspecified atom stereocenters. The molecule has 25 heavy (non-hydrogen) atoms. The van der Waals surface area contributed by atoms with Gasteiger partial charge < -0.3 is 10.2 Å². The normalized spacial score (nSPS) is 14.6. The number of hydrogen-bond donors (Lipinski definition) is 1. The Morgan fingerprint density at radius 2 is 1.80 bits per heavy atom. The first-order chi connectivity index (χ1) is 12.0. The van der Waals surface area contributed by atoms with E-state index in [4.69, 9.17) is 0 Å². The molecule has 0 aliphatic carbocycles. The van der Waals surface area contributed by atoms with Gasteiger partial charge in [0.05, 0.1) is 0 Å². The predicted molar refractivity (Wildman–Crippen MR) is 103 cm³/mol. The van der Waals surface area contributed by atoms with E-state index >= 15 is 0 Å². The zero-order valence-electron chi connectivity index (χ0n) is 15.8. The van der Waals surface area contributed by atoms with E-state index in [1.54, 1.807) is 0 Å². The summed E-state index contributed by atoms with van der Waals surface area (Å²) in [6, 6.07) is 6.33. The fraction of sp³-hybridized carbons (Fsp3) is 0.550. The highest BCUT2D eigenvalue weighted by Crippen LogP contribution is 2.21. The third kappa shape index (κ3) is 4.47. The lowest BCUT2D eigenvalue weighted by atomic mass is 10.1. The minimum absolute atomic E-state index is 0.321. The van der Waals surface area contributed by atoms with Gasteiger partial charge in [0.15, 0.2) is 0 Å². The molecule has 5 nitrogen and oxygen atoms in total. The second kappa shape index (κ2) is 7.81. The first-order valence-corrected chi connectivity index (χ1v) is 9.35. The molecule has 5 heteroatoms. The van der Waals surface area contributed by atoms with Gasteiger partial charge in [0.1, 0.15) is 17.5 Å². The van der Waals surface area contributed by atoms with E-state index in [0.29, 0.717) is 11.8 Å². The largest absolute Gasteiger partial charge is 0.366 e. The van der Waals surface area contributed by atoms with Crippen molar-refractivity contribution in [3.63, 3.8) is 0 Å². The van der Waals surface area contributed by atoms with Crippen molar-refractivity contribution in [1.29, 1.82) is 0 Å². The number of nitrogens with zero attached hydrogens (tertiary/aromatic N) is 4. The molecule has 2 aromatic rings. The van der Waals surface area contributed by atoms with E-state index in [9.17, 15) is 0 Å². The minimum atomic E-state index is 0.321. The first-order valence-electron chi connectivity index (χ1n) is 9.35. The second-order valence-electron chi connectivity index (χ2n) is 7.42. The number of anilines is 2. The highest BCUT2D eigenvalue weighted by molar-refractivity contribution is 5.44. The molecular weight excluding hydrogens is 310 g/mol. The van der Waals surface area contributed by atoms with Crippen LogP contribution in [-0.2, 0) is 6.54 Å². The molecule has 1 fully saturated rings. The Morgan fingerprint density at radius 1 is 1.04 bits per heavy atom. The fourth-order valence-electron chi connectivity index (χ4n) is 3.01. The molecule has 1 N–H and O–H groups in total. The third-order valence-electron chi connectivity index (χ3n) is 4.58. The van der Waals surface area contributed by atoms with Gasteiger partial charge >= 0.3 is 0 Å². The molecule has 3 heterocycles. The Hall–Kier alpha value is -2.17. The molecule has 134 valence electrons. The third-order valence-corrected chi connectivity index (χ3v) is 4.58. The number of nitrogens with one attached hydrogen (secondary N) is 1. The maximum atomic E-state index is 4.69. The van der Waals surface area contributed by atoms with Crippen molar-refractivity contribution in [1.82, 2.24) is 15.0 Å². The molecule has 0 atom stereocenters. The number of pyridine rings is 1. The Labute approximate surface area is 150 Å². The van der Waals surface area contributed by atoms with Crippen LogP contribution in [0.5, 0.6) is 0 Å². The summed E-state index contributed by atoms with van der Waals surface area (Å²) in [6.45, 7) is 11.6. The van der Waals surface area contributed by atoms with E-state index in [2.05, 4.69) is 71.1 Å². The van der Waals surface area contributed by atoms with Crippen molar-refractivity contribution in [2.24, 2.45) is 0 Å². The molecular formula is C20H29N5. The van der Waals surface area contributed by atoms with Crippen LogP contribution in [0, 0.1) is 0 Å². The molecule has 0 saturated carbocycles. The smallest absolute Gasteiger partial charge is 0.133 e. The Kier molecular flexibility index (Phi) is 5.51. The molecule has 1 saturated heterocycles. The fourth-order valence-corrected chi connectivity index (χ4v) is 3.01. The van der Waals surface area contributed by atoms with Crippen molar-refractivity contribution in [2.75, 3.05) is 23.3 Å². The van der Waals surface area contributed by atoms with Crippen molar-refractivity contribution in [3.8, 4) is 0 Å². The Balaban J connectivity index is 1.73. The SMILES string of the molecule is CC(C)c1cc(NCc2ccnc(N3CCCC3)c2)nc(C(C)C)n1. The van der Waals surface area contributed by atoms with Gasteiger partial charge in [-0.1, -0.05) is 27.7 Å². The van der Waals surface area contributed by atoms with Crippen LogP contribution in [0.2, 0.25) is 0 Å². The Morgan fingerprint density at radius 3 is 2.48 bits per heavy atom. The van der Waals surface area contributed by atoms with Crippen LogP contribution >= 0.6 is 0 Å². The van der Waals surface area contributed by atoms with Crippen LogP contribution in [0.25, 0.3) is 0 Å². The molecule has 0 amide bonds. The summed E-state index contributed by atoms with van der Waals surface area (Å²) >= 11 is 0. The van der Waals surface area contributed by atoms with Crippen LogP contribution in [-0.4, -0.2) is 28.0 Å². The molecule has 2 aromatic heterocycles. The van der Waals surface area contributed by atoms with Crippen molar-refractivity contribution in [3.05, 3.63) is 41.5 Å². The lowest BCUT2D eigenvalue weighted by Gasteiger charge is -2.17. The molecule has 0 bridgehead atoms. The van der Waals surface area contributed by atoms with Gasteiger partial charge in [0.2, 0.25) is 0 Å². The predicted octanol–water partition coefficient (Wildman–Crippen LogP) is 4.33. The monoisotopic (exact) mass is 339 g/mol. The number of hydrogen-bond acceptors (Lipinski definition) is 5. The van der Waals surface area contributed by atoms with E-state index in [1.807, 2.05) is 6.20 Å².